The minimum absolute atomic E-state index is 0.0669. The molecule has 19 heavy (non-hydrogen) atoms. The fraction of sp³-hybridized carbons (Fsp3) is 0.533. The van der Waals surface area contributed by atoms with Crippen molar-refractivity contribution in [3.05, 3.63) is 29.6 Å². The zero-order valence-electron chi connectivity index (χ0n) is 10.9. The number of likely N-dealkylation sites (tertiary alicyclic amines) is 1. The van der Waals surface area contributed by atoms with Crippen molar-refractivity contribution in [1.82, 2.24) is 4.90 Å². The van der Waals surface area contributed by atoms with Gasteiger partial charge in [-0.05, 0) is 49.8 Å². The zero-order valence-corrected chi connectivity index (χ0v) is 10.9. The lowest BCUT2D eigenvalue weighted by atomic mass is 9.91. The molecule has 0 aromatic heterocycles. The number of anilines is 1. The van der Waals surface area contributed by atoms with Crippen LogP contribution in [0.4, 0.5) is 10.1 Å². The smallest absolute Gasteiger partial charge is 0.254 e. The predicted molar refractivity (Wildman–Crippen MR) is 72.2 cm³/mol. The molecule has 0 spiro atoms. The van der Waals surface area contributed by atoms with Crippen molar-refractivity contribution in [3.63, 3.8) is 0 Å². The van der Waals surface area contributed by atoms with Gasteiger partial charge in [-0.2, -0.15) is 0 Å². The minimum Gasteiger partial charge on any atom is -0.399 e. The Morgan fingerprint density at radius 3 is 2.79 bits per heavy atom. The molecule has 2 fully saturated rings. The van der Waals surface area contributed by atoms with E-state index in [1.54, 1.807) is 6.07 Å². The van der Waals surface area contributed by atoms with Gasteiger partial charge in [-0.15, -0.1) is 0 Å². The molecule has 2 N–H and O–H groups in total. The summed E-state index contributed by atoms with van der Waals surface area (Å²) in [6, 6.07) is 4.46. The summed E-state index contributed by atoms with van der Waals surface area (Å²) in [4.78, 5) is 14.5. The Bertz CT molecular complexity index is 483. The average molecular weight is 262 g/mol. The average Bonchev–Trinajstić information content (AvgIpc) is 2.84. The number of carbonyl (C=O) groups excluding carboxylic acids is 1. The maximum atomic E-state index is 13.4. The molecule has 1 aromatic carbocycles. The van der Waals surface area contributed by atoms with Gasteiger partial charge >= 0.3 is 0 Å². The van der Waals surface area contributed by atoms with E-state index in [0.29, 0.717) is 23.2 Å². The Balaban J connectivity index is 1.86. The van der Waals surface area contributed by atoms with E-state index in [2.05, 4.69) is 0 Å². The minimum atomic E-state index is -0.441. The van der Waals surface area contributed by atoms with Crippen molar-refractivity contribution in [2.75, 3.05) is 12.3 Å². The molecule has 1 saturated carbocycles. The number of piperidine rings is 1. The molecule has 4 heteroatoms. The number of nitrogens with two attached hydrogens (primary N) is 1. The molecule has 1 heterocycles. The number of benzene rings is 1. The normalized spacial score (nSPS) is 26.3. The molecular formula is C15H19FN2O. The van der Waals surface area contributed by atoms with E-state index in [9.17, 15) is 9.18 Å². The molecule has 1 aromatic rings. The van der Waals surface area contributed by atoms with E-state index >= 15 is 0 Å². The lowest BCUT2D eigenvalue weighted by Crippen LogP contribution is -2.46. The first-order chi connectivity index (χ1) is 9.15. The summed E-state index contributed by atoms with van der Waals surface area (Å²) >= 11 is 0. The van der Waals surface area contributed by atoms with Crippen LogP contribution in [-0.4, -0.2) is 23.4 Å². The number of halogens is 1. The highest BCUT2D eigenvalue weighted by Gasteiger charge is 2.37. The first-order valence-corrected chi connectivity index (χ1v) is 7.02. The number of nitrogen functional groups attached to an aromatic ring is 1. The van der Waals surface area contributed by atoms with Gasteiger partial charge in [0, 0.05) is 23.8 Å². The molecule has 102 valence electrons. The van der Waals surface area contributed by atoms with Crippen LogP contribution >= 0.6 is 0 Å². The highest BCUT2D eigenvalue weighted by molar-refractivity contribution is 5.95. The van der Waals surface area contributed by atoms with E-state index in [1.165, 1.54) is 31.4 Å². The van der Waals surface area contributed by atoms with Crippen molar-refractivity contribution in [2.24, 2.45) is 5.92 Å². The molecule has 0 bridgehead atoms. The molecule has 1 amide bonds. The first-order valence-electron chi connectivity index (χ1n) is 7.02. The summed E-state index contributed by atoms with van der Waals surface area (Å²) in [5, 5.41) is 0. The molecular weight excluding hydrogens is 243 g/mol. The third-order valence-corrected chi connectivity index (χ3v) is 4.42. The second-order valence-corrected chi connectivity index (χ2v) is 5.67. The molecule has 3 nitrogen and oxygen atoms in total. The maximum Gasteiger partial charge on any atom is 0.254 e. The summed E-state index contributed by atoms with van der Waals surface area (Å²) in [5.41, 5.74) is 6.31. The zero-order chi connectivity index (χ0) is 13.4. The van der Waals surface area contributed by atoms with Crippen molar-refractivity contribution < 1.29 is 9.18 Å². The third kappa shape index (κ3) is 2.31. The fourth-order valence-corrected chi connectivity index (χ4v) is 3.61. The lowest BCUT2D eigenvalue weighted by Gasteiger charge is -2.37. The van der Waals surface area contributed by atoms with E-state index in [-0.39, 0.29) is 5.91 Å². The number of rotatable bonds is 1. The molecule has 1 saturated heterocycles. The van der Waals surface area contributed by atoms with E-state index in [4.69, 9.17) is 5.73 Å². The number of fused-ring (bicyclic) bond motifs is 1. The molecule has 1 aliphatic carbocycles. The van der Waals surface area contributed by atoms with Gasteiger partial charge in [-0.25, -0.2) is 4.39 Å². The molecule has 2 unspecified atom stereocenters. The van der Waals surface area contributed by atoms with Crippen LogP contribution in [0.3, 0.4) is 0 Å². The second kappa shape index (κ2) is 4.83. The number of hydrogen-bond donors (Lipinski definition) is 1. The van der Waals surface area contributed by atoms with Crippen molar-refractivity contribution in [1.29, 1.82) is 0 Å². The lowest BCUT2D eigenvalue weighted by molar-refractivity contribution is 0.0548. The number of nitrogens with zero attached hydrogens (tertiary/aromatic N) is 1. The summed E-state index contributed by atoms with van der Waals surface area (Å²) in [6.45, 7) is 0.788. The van der Waals surface area contributed by atoms with Crippen molar-refractivity contribution in [2.45, 2.75) is 38.1 Å². The standard InChI is InChI=1S/C15H19FN2O/c16-12-7-11(8-13(17)9-12)15(19)18-6-2-4-10-3-1-5-14(10)18/h7-10,14H,1-6,17H2. The van der Waals surface area contributed by atoms with Crippen LogP contribution in [-0.2, 0) is 0 Å². The van der Waals surface area contributed by atoms with Gasteiger partial charge < -0.3 is 10.6 Å². The van der Waals surface area contributed by atoms with Crippen LogP contribution in [0.2, 0.25) is 0 Å². The SMILES string of the molecule is Nc1cc(F)cc(C(=O)N2CCCC3CCCC32)c1. The number of hydrogen-bond acceptors (Lipinski definition) is 2. The Hall–Kier alpha value is -1.58. The topological polar surface area (TPSA) is 46.3 Å². The molecule has 3 rings (SSSR count). The van der Waals surface area contributed by atoms with Crippen molar-refractivity contribution >= 4 is 11.6 Å². The maximum absolute atomic E-state index is 13.4. The van der Waals surface area contributed by atoms with Gasteiger partial charge in [0.15, 0.2) is 0 Å². The Kier molecular flexibility index (Phi) is 3.17. The van der Waals surface area contributed by atoms with Crippen LogP contribution in [0.1, 0.15) is 42.5 Å². The summed E-state index contributed by atoms with van der Waals surface area (Å²) in [7, 11) is 0. The largest absolute Gasteiger partial charge is 0.399 e. The molecule has 0 radical (unpaired) electrons. The highest BCUT2D eigenvalue weighted by atomic mass is 19.1. The highest BCUT2D eigenvalue weighted by Crippen LogP contribution is 2.37. The monoisotopic (exact) mass is 262 g/mol. The summed E-state index contributed by atoms with van der Waals surface area (Å²) in [6.07, 6.45) is 5.78. The van der Waals surface area contributed by atoms with Crippen LogP contribution in [0.25, 0.3) is 0 Å². The Labute approximate surface area is 112 Å². The molecule has 2 aliphatic rings. The van der Waals surface area contributed by atoms with Crippen LogP contribution in [0.5, 0.6) is 0 Å². The van der Waals surface area contributed by atoms with Crippen LogP contribution < -0.4 is 5.73 Å². The van der Waals surface area contributed by atoms with E-state index in [1.807, 2.05) is 4.90 Å². The quantitative estimate of drug-likeness (QED) is 0.791. The summed E-state index contributed by atoms with van der Waals surface area (Å²) in [5.74, 6) is 0.134. The van der Waals surface area contributed by atoms with Gasteiger partial charge in [-0.1, -0.05) is 6.42 Å². The molecule has 2 atom stereocenters. The van der Waals surface area contributed by atoms with Crippen LogP contribution in [0.15, 0.2) is 18.2 Å². The van der Waals surface area contributed by atoms with Gasteiger partial charge in [0.1, 0.15) is 5.82 Å². The number of amides is 1. The van der Waals surface area contributed by atoms with Crippen LogP contribution in [0, 0.1) is 11.7 Å². The van der Waals surface area contributed by atoms with Gasteiger partial charge in [0.2, 0.25) is 0 Å². The fourth-order valence-electron chi connectivity index (χ4n) is 3.61. The summed E-state index contributed by atoms with van der Waals surface area (Å²) < 4.78 is 13.4. The van der Waals surface area contributed by atoms with Crippen molar-refractivity contribution in [3.8, 4) is 0 Å². The molecule has 1 aliphatic heterocycles. The first kappa shape index (κ1) is 12.5. The Morgan fingerprint density at radius 2 is 2.00 bits per heavy atom. The second-order valence-electron chi connectivity index (χ2n) is 5.67. The van der Waals surface area contributed by atoms with E-state index < -0.39 is 5.82 Å². The van der Waals surface area contributed by atoms with Gasteiger partial charge in [0.25, 0.3) is 5.91 Å². The van der Waals surface area contributed by atoms with Gasteiger partial charge in [-0.3, -0.25) is 4.79 Å². The van der Waals surface area contributed by atoms with Gasteiger partial charge in [0.05, 0.1) is 0 Å². The third-order valence-electron chi connectivity index (χ3n) is 4.42. The van der Waals surface area contributed by atoms with E-state index in [0.717, 1.165) is 19.4 Å². The Morgan fingerprint density at radius 1 is 1.21 bits per heavy atom. The predicted octanol–water partition coefficient (Wildman–Crippen LogP) is 2.81. The number of carbonyl (C=O) groups is 1.